The van der Waals surface area contributed by atoms with Crippen molar-refractivity contribution in [1.29, 1.82) is 0 Å². The van der Waals surface area contributed by atoms with Gasteiger partial charge in [-0.1, -0.05) is 0 Å². The van der Waals surface area contributed by atoms with E-state index >= 15 is 0 Å². The van der Waals surface area contributed by atoms with Crippen LogP contribution in [-0.2, 0) is 9.47 Å². The minimum absolute atomic E-state index is 0.406. The Labute approximate surface area is 55.3 Å². The van der Waals surface area contributed by atoms with E-state index in [1.54, 1.807) is 7.11 Å². The quantitative estimate of drug-likeness (QED) is 0.554. The van der Waals surface area contributed by atoms with Gasteiger partial charge >= 0.3 is 0 Å². The Balaban J connectivity index is 2.08. The fourth-order valence-corrected chi connectivity index (χ4v) is 0.928. The Morgan fingerprint density at radius 3 is 3.22 bits per heavy atom. The second kappa shape index (κ2) is 3.82. The minimum Gasteiger partial charge on any atom is -0.383 e. The molecule has 1 rings (SSSR count). The molecule has 0 amide bonds. The first-order valence-electron chi connectivity index (χ1n) is 3.23. The Hall–Kier alpha value is -0.120. The van der Waals surface area contributed by atoms with Gasteiger partial charge in [-0.25, -0.2) is 0 Å². The molecule has 1 fully saturated rings. The maximum absolute atomic E-state index is 5.19. The van der Waals surface area contributed by atoms with Crippen LogP contribution in [0.3, 0.4) is 0 Å². The maximum atomic E-state index is 5.19. The van der Waals surface area contributed by atoms with Crippen LogP contribution in [0.4, 0.5) is 0 Å². The molecule has 1 aliphatic heterocycles. The smallest absolute Gasteiger partial charge is 0.0642 e. The molecule has 0 unspecified atom stereocenters. The van der Waals surface area contributed by atoms with Crippen molar-refractivity contribution in [2.75, 3.05) is 33.5 Å². The molecule has 0 aromatic heterocycles. The Morgan fingerprint density at radius 2 is 2.67 bits per heavy atom. The Bertz CT molecular complexity index is 68.7. The van der Waals surface area contributed by atoms with Crippen LogP contribution in [0.15, 0.2) is 0 Å². The lowest BCUT2D eigenvalue weighted by atomic mass is 10.3. The van der Waals surface area contributed by atoms with Gasteiger partial charge in [0.25, 0.3) is 0 Å². The predicted molar refractivity (Wildman–Crippen MR) is 34.5 cm³/mol. The zero-order valence-electron chi connectivity index (χ0n) is 5.72. The number of methoxy groups -OCH3 is 1. The highest BCUT2D eigenvalue weighted by atomic mass is 16.5. The second-order valence-electron chi connectivity index (χ2n) is 2.18. The van der Waals surface area contributed by atoms with Crippen molar-refractivity contribution in [3.8, 4) is 0 Å². The lowest BCUT2D eigenvalue weighted by Crippen LogP contribution is -2.43. The van der Waals surface area contributed by atoms with Crippen LogP contribution in [-0.4, -0.2) is 39.5 Å². The summed E-state index contributed by atoms with van der Waals surface area (Å²) in [4.78, 5) is 0. The third-order valence-corrected chi connectivity index (χ3v) is 1.37. The first-order valence-corrected chi connectivity index (χ1v) is 3.23. The van der Waals surface area contributed by atoms with Crippen molar-refractivity contribution in [3.05, 3.63) is 0 Å². The Kier molecular flexibility index (Phi) is 2.97. The summed E-state index contributed by atoms with van der Waals surface area (Å²) in [6, 6.07) is 0.406. The molecule has 1 aliphatic rings. The average molecular weight is 131 g/mol. The minimum atomic E-state index is 0.406. The van der Waals surface area contributed by atoms with Crippen molar-refractivity contribution in [1.82, 2.24) is 5.32 Å². The molecule has 0 bridgehead atoms. The van der Waals surface area contributed by atoms with Crippen molar-refractivity contribution in [2.45, 2.75) is 6.04 Å². The lowest BCUT2D eigenvalue weighted by Gasteiger charge is -2.22. The van der Waals surface area contributed by atoms with E-state index in [4.69, 9.17) is 9.47 Å². The van der Waals surface area contributed by atoms with Gasteiger partial charge < -0.3 is 14.8 Å². The van der Waals surface area contributed by atoms with Crippen LogP contribution in [0, 0.1) is 0 Å². The first kappa shape index (κ1) is 6.99. The van der Waals surface area contributed by atoms with Gasteiger partial charge in [0.2, 0.25) is 0 Å². The number of hydrogen-bond acceptors (Lipinski definition) is 3. The van der Waals surface area contributed by atoms with Gasteiger partial charge in [-0.2, -0.15) is 0 Å². The average Bonchev–Trinajstić information content (AvgIpc) is 1.91. The van der Waals surface area contributed by atoms with Gasteiger partial charge in [-0.15, -0.1) is 0 Å². The molecular weight excluding hydrogens is 118 g/mol. The molecule has 0 aromatic carbocycles. The Morgan fingerprint density at radius 1 is 1.78 bits per heavy atom. The van der Waals surface area contributed by atoms with Gasteiger partial charge in [0.05, 0.1) is 25.9 Å². The molecule has 9 heavy (non-hydrogen) atoms. The zero-order chi connectivity index (χ0) is 6.53. The highest BCUT2D eigenvalue weighted by molar-refractivity contribution is 4.68. The van der Waals surface area contributed by atoms with E-state index in [-0.39, 0.29) is 0 Å². The summed E-state index contributed by atoms with van der Waals surface area (Å²) in [6.07, 6.45) is 0. The van der Waals surface area contributed by atoms with Crippen molar-refractivity contribution in [2.24, 2.45) is 0 Å². The van der Waals surface area contributed by atoms with Crippen LogP contribution in [0.25, 0.3) is 0 Å². The number of morpholine rings is 1. The SMILES string of the molecule is COC[C@H]1COCCN1. The summed E-state index contributed by atoms with van der Waals surface area (Å²) >= 11 is 0. The summed E-state index contributed by atoms with van der Waals surface area (Å²) < 4.78 is 10.1. The molecule has 54 valence electrons. The summed E-state index contributed by atoms with van der Waals surface area (Å²) in [7, 11) is 1.70. The van der Waals surface area contributed by atoms with Gasteiger partial charge in [0.15, 0.2) is 0 Å². The summed E-state index contributed by atoms with van der Waals surface area (Å²) in [5, 5.41) is 3.27. The fourth-order valence-electron chi connectivity index (χ4n) is 0.928. The number of nitrogens with one attached hydrogen (secondary N) is 1. The van der Waals surface area contributed by atoms with Gasteiger partial charge in [-0.3, -0.25) is 0 Å². The number of ether oxygens (including phenoxy) is 2. The summed E-state index contributed by atoms with van der Waals surface area (Å²) in [5.41, 5.74) is 0. The summed E-state index contributed by atoms with van der Waals surface area (Å²) in [5.74, 6) is 0. The van der Waals surface area contributed by atoms with E-state index in [2.05, 4.69) is 5.32 Å². The topological polar surface area (TPSA) is 30.5 Å². The third-order valence-electron chi connectivity index (χ3n) is 1.37. The van der Waals surface area contributed by atoms with Crippen molar-refractivity contribution >= 4 is 0 Å². The van der Waals surface area contributed by atoms with E-state index in [0.29, 0.717) is 6.04 Å². The maximum Gasteiger partial charge on any atom is 0.0642 e. The highest BCUT2D eigenvalue weighted by Crippen LogP contribution is 1.91. The van der Waals surface area contributed by atoms with Gasteiger partial charge in [-0.05, 0) is 0 Å². The lowest BCUT2D eigenvalue weighted by molar-refractivity contribution is 0.0432. The molecule has 1 atom stereocenters. The second-order valence-corrected chi connectivity index (χ2v) is 2.18. The van der Waals surface area contributed by atoms with Crippen LogP contribution in [0.5, 0.6) is 0 Å². The predicted octanol–water partition coefficient (Wildman–Crippen LogP) is -0.379. The molecule has 0 aromatic rings. The molecule has 3 heteroatoms. The molecular formula is C6H13NO2. The van der Waals surface area contributed by atoms with Crippen molar-refractivity contribution < 1.29 is 9.47 Å². The normalized spacial score (nSPS) is 28.3. The molecule has 1 saturated heterocycles. The van der Waals surface area contributed by atoms with Gasteiger partial charge in [0.1, 0.15) is 0 Å². The van der Waals surface area contributed by atoms with Gasteiger partial charge in [0, 0.05) is 13.7 Å². The highest BCUT2D eigenvalue weighted by Gasteiger charge is 2.10. The van der Waals surface area contributed by atoms with Crippen LogP contribution in [0.1, 0.15) is 0 Å². The fraction of sp³-hybridized carbons (Fsp3) is 1.00. The van der Waals surface area contributed by atoms with Crippen LogP contribution >= 0.6 is 0 Å². The van der Waals surface area contributed by atoms with Crippen LogP contribution in [0.2, 0.25) is 0 Å². The van der Waals surface area contributed by atoms with Crippen LogP contribution < -0.4 is 5.32 Å². The first-order chi connectivity index (χ1) is 4.43. The monoisotopic (exact) mass is 131 g/mol. The van der Waals surface area contributed by atoms with E-state index in [0.717, 1.165) is 26.4 Å². The van der Waals surface area contributed by atoms with E-state index in [9.17, 15) is 0 Å². The summed E-state index contributed by atoms with van der Waals surface area (Å²) in [6.45, 7) is 3.32. The third kappa shape index (κ3) is 2.30. The standard InChI is InChI=1S/C6H13NO2/c1-8-4-6-5-9-3-2-7-6/h6-7H,2-5H2,1H3/t6-/m0/s1. The molecule has 0 spiro atoms. The molecule has 1 heterocycles. The van der Waals surface area contributed by atoms with E-state index in [1.165, 1.54) is 0 Å². The molecule has 0 saturated carbocycles. The number of hydrogen-bond donors (Lipinski definition) is 1. The van der Waals surface area contributed by atoms with E-state index < -0.39 is 0 Å². The molecule has 1 N–H and O–H groups in total. The zero-order valence-corrected chi connectivity index (χ0v) is 5.72. The molecule has 3 nitrogen and oxygen atoms in total. The molecule has 0 radical (unpaired) electrons. The van der Waals surface area contributed by atoms with Crippen molar-refractivity contribution in [3.63, 3.8) is 0 Å². The largest absolute Gasteiger partial charge is 0.383 e. The van der Waals surface area contributed by atoms with E-state index in [1.807, 2.05) is 0 Å². The molecule has 0 aliphatic carbocycles. The number of rotatable bonds is 2.